The maximum Gasteiger partial charge on any atom is 0.191 e. The number of hydrogen-bond donors (Lipinski definition) is 2. The van der Waals surface area contributed by atoms with Crippen LogP contribution in [0.5, 0.6) is 0 Å². The molecule has 4 heteroatoms. The van der Waals surface area contributed by atoms with Crippen LogP contribution in [0.3, 0.4) is 0 Å². The van der Waals surface area contributed by atoms with E-state index in [4.69, 9.17) is 0 Å². The largest absolute Gasteiger partial charge is 0.287 e. The summed E-state index contributed by atoms with van der Waals surface area (Å²) in [5.74, 6) is 0.0772. The lowest BCUT2D eigenvalue weighted by Gasteiger charge is -2.10. The van der Waals surface area contributed by atoms with E-state index >= 15 is 0 Å². The van der Waals surface area contributed by atoms with Crippen molar-refractivity contribution in [1.29, 1.82) is 0 Å². The Balaban J connectivity index is -0.000000166. The molecule has 0 aliphatic heterocycles. The first-order valence-electron chi connectivity index (χ1n) is 5.05. The second kappa shape index (κ2) is 10.6. The van der Waals surface area contributed by atoms with E-state index in [9.17, 15) is 9.59 Å². The summed E-state index contributed by atoms with van der Waals surface area (Å²) < 4.78 is 0. The highest BCUT2D eigenvalue weighted by molar-refractivity contribution is 7.96. The van der Waals surface area contributed by atoms with Gasteiger partial charge in [-0.25, -0.2) is 0 Å². The molecule has 0 atom stereocenters. The van der Waals surface area contributed by atoms with Crippen molar-refractivity contribution in [3.05, 3.63) is 0 Å². The average Bonchev–Trinajstić information content (AvgIpc) is 2.07. The van der Waals surface area contributed by atoms with Gasteiger partial charge in [-0.1, -0.05) is 48.5 Å². The van der Waals surface area contributed by atoms with Crippen LogP contribution in [0, 0.1) is 11.3 Å². The van der Waals surface area contributed by atoms with E-state index < -0.39 is 0 Å². The van der Waals surface area contributed by atoms with Crippen LogP contribution < -0.4 is 0 Å². The van der Waals surface area contributed by atoms with Crippen molar-refractivity contribution in [3.63, 3.8) is 0 Å². The zero-order valence-corrected chi connectivity index (χ0v) is 12.6. The Kier molecular flexibility index (Phi) is 14.4. The molecule has 0 unspecified atom stereocenters. The van der Waals surface area contributed by atoms with Crippen molar-refractivity contribution < 1.29 is 9.59 Å². The van der Waals surface area contributed by atoms with Crippen LogP contribution in [0.1, 0.15) is 48.5 Å². The summed E-state index contributed by atoms with van der Waals surface area (Å²) in [4.78, 5) is 20.3. The van der Waals surface area contributed by atoms with Crippen LogP contribution in [0.25, 0.3) is 0 Å². The highest BCUT2D eigenvalue weighted by Gasteiger charge is 2.16. The van der Waals surface area contributed by atoms with E-state index in [0.717, 1.165) is 0 Å². The molecule has 0 radical (unpaired) electrons. The second-order valence-corrected chi connectivity index (χ2v) is 4.90. The summed E-state index contributed by atoms with van der Waals surface area (Å²) in [7, 11) is 0. The van der Waals surface area contributed by atoms with Crippen molar-refractivity contribution in [2.75, 3.05) is 0 Å². The zero-order valence-electron chi connectivity index (χ0n) is 10.8. The highest BCUT2D eigenvalue weighted by atomic mass is 32.1. The summed E-state index contributed by atoms with van der Waals surface area (Å²) in [5.41, 5.74) is -0.275. The Hall–Kier alpha value is 0.0400. The van der Waals surface area contributed by atoms with E-state index in [1.807, 2.05) is 48.5 Å². The lowest BCUT2D eigenvalue weighted by Crippen LogP contribution is -2.13. The summed E-state index contributed by atoms with van der Waals surface area (Å²) in [6.45, 7) is 13.1. The average molecular weight is 252 g/mol. The molecule has 0 aliphatic rings. The van der Waals surface area contributed by atoms with Gasteiger partial charge in [-0.2, -0.15) is 0 Å². The van der Waals surface area contributed by atoms with Crippen LogP contribution in [0.15, 0.2) is 0 Å². The molecule has 0 fully saturated rings. The molecule has 92 valence electrons. The fraction of sp³-hybridized carbons (Fsp3) is 0.818. The topological polar surface area (TPSA) is 34.1 Å². The number of rotatable bonds is 1. The monoisotopic (exact) mass is 252 g/mol. The summed E-state index contributed by atoms with van der Waals surface area (Å²) in [5, 5.41) is -0.109. The fourth-order valence-electron chi connectivity index (χ4n) is 0. The Bertz CT molecular complexity index is 182. The lowest BCUT2D eigenvalue weighted by atomic mass is 10.00. The van der Waals surface area contributed by atoms with Gasteiger partial charge in [-0.05, 0) is 0 Å². The van der Waals surface area contributed by atoms with Crippen LogP contribution in [-0.2, 0) is 9.59 Å². The van der Waals surface area contributed by atoms with Gasteiger partial charge < -0.3 is 0 Å². The van der Waals surface area contributed by atoms with Gasteiger partial charge in [0.15, 0.2) is 10.2 Å². The molecule has 0 spiro atoms. The molecule has 0 bridgehead atoms. The van der Waals surface area contributed by atoms with Gasteiger partial charge in [0.05, 0.1) is 0 Å². The predicted molar refractivity (Wildman–Crippen MR) is 73.6 cm³/mol. The Labute approximate surface area is 105 Å². The van der Waals surface area contributed by atoms with Gasteiger partial charge in [-0.3, -0.25) is 9.59 Å². The minimum absolute atomic E-state index is 0.0463. The molecule has 0 rings (SSSR count). The number of hydrogen-bond acceptors (Lipinski definition) is 2. The molecule has 0 aliphatic carbocycles. The van der Waals surface area contributed by atoms with Gasteiger partial charge in [0.1, 0.15) is 0 Å². The molecule has 0 aromatic rings. The smallest absolute Gasteiger partial charge is 0.191 e. The minimum Gasteiger partial charge on any atom is -0.287 e. The first-order valence-corrected chi connectivity index (χ1v) is 5.94. The quantitative estimate of drug-likeness (QED) is 0.699. The zero-order chi connectivity index (χ0) is 13.2. The van der Waals surface area contributed by atoms with Crippen molar-refractivity contribution in [3.8, 4) is 0 Å². The summed E-state index contributed by atoms with van der Waals surface area (Å²) in [6, 6.07) is 0. The highest BCUT2D eigenvalue weighted by Crippen LogP contribution is 2.15. The number of carbonyl (C=O) groups is 2. The number of thiol groups is 2. The first kappa shape index (κ1) is 20.5. The number of carbonyl (C=O) groups excluding carboxylic acids is 2. The Morgan fingerprint density at radius 2 is 1.13 bits per heavy atom. The molecular formula is C11H24O2S2. The maximum absolute atomic E-state index is 10.3. The van der Waals surface area contributed by atoms with E-state index in [-0.39, 0.29) is 21.6 Å². The molecule has 0 saturated heterocycles. The van der Waals surface area contributed by atoms with E-state index in [1.165, 1.54) is 0 Å². The molecule has 0 amide bonds. The third-order valence-corrected chi connectivity index (χ3v) is 2.32. The van der Waals surface area contributed by atoms with Crippen LogP contribution >= 0.6 is 25.3 Å². The molecular weight excluding hydrogens is 228 g/mol. The molecule has 0 N–H and O–H groups in total. The van der Waals surface area contributed by atoms with Crippen LogP contribution in [-0.4, -0.2) is 10.2 Å². The minimum atomic E-state index is -0.275. The first-order chi connectivity index (χ1) is 6.59. The fourth-order valence-corrected chi connectivity index (χ4v) is 0. The third-order valence-electron chi connectivity index (χ3n) is 1.14. The predicted octanol–water partition coefficient (Wildman–Crippen LogP) is 3.61. The van der Waals surface area contributed by atoms with Gasteiger partial charge in [0.25, 0.3) is 0 Å². The Morgan fingerprint density at radius 3 is 1.13 bits per heavy atom. The van der Waals surface area contributed by atoms with Crippen molar-refractivity contribution in [2.24, 2.45) is 11.3 Å². The maximum atomic E-state index is 10.3. The normalized spacial score (nSPS) is 9.47. The van der Waals surface area contributed by atoms with E-state index in [0.29, 0.717) is 0 Å². The van der Waals surface area contributed by atoms with E-state index in [1.54, 1.807) is 0 Å². The van der Waals surface area contributed by atoms with Gasteiger partial charge >= 0.3 is 0 Å². The van der Waals surface area contributed by atoms with Gasteiger partial charge in [-0.15, -0.1) is 25.3 Å². The molecule has 0 saturated carbocycles. The molecule has 0 heterocycles. The molecule has 2 nitrogen and oxygen atoms in total. The molecule has 0 aromatic heterocycles. The molecule has 0 aromatic carbocycles. The summed E-state index contributed by atoms with van der Waals surface area (Å²) >= 11 is 7.19. The standard InChI is InChI=1S/C5H10OS.C4H8OS.C2H6/c1-5(2,3)4(6)7;1-3(2)4(5)6;1-2/h1-3H3,(H,6,7);3H,1-2H3,(H,5,6);1-2H3. The van der Waals surface area contributed by atoms with Crippen molar-refractivity contribution in [2.45, 2.75) is 48.5 Å². The van der Waals surface area contributed by atoms with Gasteiger partial charge in [0, 0.05) is 11.3 Å². The molecule has 15 heavy (non-hydrogen) atoms. The van der Waals surface area contributed by atoms with E-state index in [2.05, 4.69) is 25.3 Å². The SMILES string of the molecule is CC.CC(C)(C)C(=O)S.CC(C)C(=O)S. The Morgan fingerprint density at radius 1 is 1.00 bits per heavy atom. The lowest BCUT2D eigenvalue weighted by molar-refractivity contribution is -0.117. The van der Waals surface area contributed by atoms with Crippen molar-refractivity contribution in [1.82, 2.24) is 0 Å². The summed E-state index contributed by atoms with van der Waals surface area (Å²) in [6.07, 6.45) is 0. The van der Waals surface area contributed by atoms with Crippen molar-refractivity contribution >= 4 is 35.5 Å². The van der Waals surface area contributed by atoms with Gasteiger partial charge in [0.2, 0.25) is 0 Å². The third kappa shape index (κ3) is 20.2. The second-order valence-electron chi connectivity index (χ2n) is 4.05. The van der Waals surface area contributed by atoms with Crippen LogP contribution in [0.4, 0.5) is 0 Å². The van der Waals surface area contributed by atoms with Crippen LogP contribution in [0.2, 0.25) is 0 Å².